The Labute approximate surface area is 134 Å². The second-order valence-electron chi connectivity index (χ2n) is 5.63. The average molecular weight is 335 g/mol. The van der Waals surface area contributed by atoms with Gasteiger partial charge >= 0.3 is 5.97 Å². The smallest absolute Gasteiger partial charge is 0.335 e. The van der Waals surface area contributed by atoms with Gasteiger partial charge in [-0.15, -0.1) is 0 Å². The van der Waals surface area contributed by atoms with Crippen LogP contribution in [-0.2, 0) is 17.1 Å². The van der Waals surface area contributed by atoms with Gasteiger partial charge < -0.3 is 5.11 Å². The molecule has 0 aliphatic heterocycles. The molecule has 0 radical (unpaired) electrons. The summed E-state index contributed by atoms with van der Waals surface area (Å²) in [5.41, 5.74) is 1.31. The maximum atomic E-state index is 12.8. The Kier molecular flexibility index (Phi) is 3.63. The predicted molar refractivity (Wildman–Crippen MR) is 84.2 cm³/mol. The van der Waals surface area contributed by atoms with E-state index in [1.807, 2.05) is 0 Å². The standard InChI is InChI=1S/C15H17N3O4S/c1-17-14(9-13(16-17)10-3-4-10)23(21,22)18(2)12-7-5-11(6-8-12)15(19)20/h5-10H,3-4H2,1-2H3,(H,19,20). The molecule has 1 aromatic heterocycles. The van der Waals surface area contributed by atoms with Crippen LogP contribution in [0.15, 0.2) is 35.4 Å². The quantitative estimate of drug-likeness (QED) is 0.900. The van der Waals surface area contributed by atoms with Crippen LogP contribution in [-0.4, -0.2) is 36.3 Å². The molecule has 0 unspecified atom stereocenters. The zero-order chi connectivity index (χ0) is 16.8. The topological polar surface area (TPSA) is 92.5 Å². The van der Waals surface area contributed by atoms with Gasteiger partial charge in [-0.25, -0.2) is 4.79 Å². The van der Waals surface area contributed by atoms with Gasteiger partial charge in [-0.05, 0) is 37.1 Å². The summed E-state index contributed by atoms with van der Waals surface area (Å²) in [5.74, 6) is -0.687. The number of aromatic nitrogens is 2. The third-order valence-electron chi connectivity index (χ3n) is 3.95. The summed E-state index contributed by atoms with van der Waals surface area (Å²) in [6.07, 6.45) is 2.09. The molecule has 1 N–H and O–H groups in total. The van der Waals surface area contributed by atoms with Crippen LogP contribution < -0.4 is 4.31 Å². The lowest BCUT2D eigenvalue weighted by Gasteiger charge is -2.19. The zero-order valence-electron chi connectivity index (χ0n) is 12.8. The van der Waals surface area contributed by atoms with Crippen LogP contribution in [0.2, 0.25) is 0 Å². The number of hydrogen-bond acceptors (Lipinski definition) is 4. The number of aromatic carboxylic acids is 1. The van der Waals surface area contributed by atoms with E-state index in [9.17, 15) is 13.2 Å². The van der Waals surface area contributed by atoms with Crippen molar-refractivity contribution in [1.82, 2.24) is 9.78 Å². The van der Waals surface area contributed by atoms with Crippen LogP contribution in [0, 0.1) is 0 Å². The summed E-state index contributed by atoms with van der Waals surface area (Å²) in [7, 11) is -0.704. The molecule has 2 aromatic rings. The SMILES string of the molecule is CN(c1ccc(C(=O)O)cc1)S(=O)(=O)c1cc(C2CC2)nn1C. The minimum Gasteiger partial charge on any atom is -0.478 e. The van der Waals surface area contributed by atoms with E-state index in [0.29, 0.717) is 11.6 Å². The largest absolute Gasteiger partial charge is 0.478 e. The van der Waals surface area contributed by atoms with E-state index in [1.165, 1.54) is 36.0 Å². The monoisotopic (exact) mass is 335 g/mol. The molecule has 23 heavy (non-hydrogen) atoms. The molecule has 0 saturated heterocycles. The van der Waals surface area contributed by atoms with Crippen molar-refractivity contribution in [3.05, 3.63) is 41.6 Å². The number of carbonyl (C=O) groups is 1. The average Bonchev–Trinajstić information content (AvgIpc) is 3.29. The summed E-state index contributed by atoms with van der Waals surface area (Å²) in [6.45, 7) is 0. The van der Waals surface area contributed by atoms with Gasteiger partial charge in [0.15, 0.2) is 5.03 Å². The summed E-state index contributed by atoms with van der Waals surface area (Å²) in [5, 5.41) is 13.3. The van der Waals surface area contributed by atoms with E-state index in [-0.39, 0.29) is 10.6 Å². The van der Waals surface area contributed by atoms with E-state index in [2.05, 4.69) is 5.10 Å². The van der Waals surface area contributed by atoms with Crippen molar-refractivity contribution in [2.24, 2.45) is 7.05 Å². The highest BCUT2D eigenvalue weighted by Crippen LogP contribution is 2.40. The van der Waals surface area contributed by atoms with E-state index >= 15 is 0 Å². The van der Waals surface area contributed by atoms with Crippen molar-refractivity contribution in [2.45, 2.75) is 23.8 Å². The van der Waals surface area contributed by atoms with Gasteiger partial charge in [0.25, 0.3) is 10.0 Å². The second kappa shape index (κ2) is 5.38. The Bertz CT molecular complexity index is 851. The Morgan fingerprint density at radius 1 is 1.30 bits per heavy atom. The Balaban J connectivity index is 1.93. The van der Waals surface area contributed by atoms with Crippen LogP contribution >= 0.6 is 0 Å². The summed E-state index contributed by atoms with van der Waals surface area (Å²) in [4.78, 5) is 10.9. The molecule has 1 heterocycles. The Morgan fingerprint density at radius 3 is 2.43 bits per heavy atom. The number of hydrogen-bond donors (Lipinski definition) is 1. The third kappa shape index (κ3) is 2.81. The molecule has 1 saturated carbocycles. The van der Waals surface area contributed by atoms with Crippen molar-refractivity contribution in [3.8, 4) is 0 Å². The molecule has 122 valence electrons. The van der Waals surface area contributed by atoms with Gasteiger partial charge in [0.05, 0.1) is 16.9 Å². The molecular weight excluding hydrogens is 318 g/mol. The molecule has 1 aliphatic carbocycles. The first-order valence-electron chi connectivity index (χ1n) is 7.17. The fourth-order valence-electron chi connectivity index (χ4n) is 2.38. The van der Waals surface area contributed by atoms with E-state index in [1.54, 1.807) is 13.1 Å². The molecule has 3 rings (SSSR count). The molecule has 1 fully saturated rings. The molecule has 1 aromatic carbocycles. The van der Waals surface area contributed by atoms with Crippen LogP contribution in [0.1, 0.15) is 34.8 Å². The van der Waals surface area contributed by atoms with Gasteiger partial charge in [0.1, 0.15) is 0 Å². The molecule has 0 amide bonds. The Hall–Kier alpha value is -2.35. The first-order chi connectivity index (χ1) is 10.8. The molecule has 1 aliphatic rings. The van der Waals surface area contributed by atoms with Crippen LogP contribution in [0.25, 0.3) is 0 Å². The molecule has 0 bridgehead atoms. The predicted octanol–water partition coefficient (Wildman–Crippen LogP) is 1.82. The van der Waals surface area contributed by atoms with Crippen LogP contribution in [0.5, 0.6) is 0 Å². The summed E-state index contributed by atoms with van der Waals surface area (Å²) >= 11 is 0. The fourth-order valence-corrected chi connectivity index (χ4v) is 3.71. The number of rotatable bonds is 5. The van der Waals surface area contributed by atoms with Crippen molar-refractivity contribution < 1.29 is 18.3 Å². The van der Waals surface area contributed by atoms with E-state index in [4.69, 9.17) is 5.11 Å². The van der Waals surface area contributed by atoms with Gasteiger partial charge in [-0.1, -0.05) is 0 Å². The molecular formula is C15H17N3O4S. The van der Waals surface area contributed by atoms with Crippen molar-refractivity contribution in [2.75, 3.05) is 11.4 Å². The lowest BCUT2D eigenvalue weighted by molar-refractivity contribution is 0.0697. The Morgan fingerprint density at radius 2 is 1.91 bits per heavy atom. The highest BCUT2D eigenvalue weighted by Gasteiger charge is 2.31. The minimum atomic E-state index is -3.75. The maximum absolute atomic E-state index is 12.8. The van der Waals surface area contributed by atoms with Gasteiger partial charge in [0.2, 0.25) is 0 Å². The lowest BCUT2D eigenvalue weighted by atomic mass is 10.2. The third-order valence-corrected chi connectivity index (χ3v) is 5.80. The highest BCUT2D eigenvalue weighted by atomic mass is 32.2. The summed E-state index contributed by atoms with van der Waals surface area (Å²) < 4.78 is 28.1. The molecule has 7 nitrogen and oxygen atoms in total. The van der Waals surface area contributed by atoms with Crippen LogP contribution in [0.4, 0.5) is 5.69 Å². The molecule has 0 spiro atoms. The number of carboxylic acids is 1. The first-order valence-corrected chi connectivity index (χ1v) is 8.61. The van der Waals surface area contributed by atoms with E-state index < -0.39 is 16.0 Å². The number of benzene rings is 1. The number of sulfonamides is 1. The number of aryl methyl sites for hydroxylation is 1. The minimum absolute atomic E-state index is 0.108. The highest BCUT2D eigenvalue weighted by molar-refractivity contribution is 7.92. The normalized spacial score (nSPS) is 14.7. The molecule has 0 atom stereocenters. The number of nitrogens with zero attached hydrogens (tertiary/aromatic N) is 3. The lowest BCUT2D eigenvalue weighted by Crippen LogP contribution is -2.28. The zero-order valence-corrected chi connectivity index (χ0v) is 13.6. The van der Waals surface area contributed by atoms with Gasteiger partial charge in [-0.2, -0.15) is 13.5 Å². The van der Waals surface area contributed by atoms with Gasteiger partial charge in [-0.3, -0.25) is 8.99 Å². The van der Waals surface area contributed by atoms with Crippen LogP contribution in [0.3, 0.4) is 0 Å². The van der Waals surface area contributed by atoms with Gasteiger partial charge in [0, 0.05) is 26.1 Å². The number of anilines is 1. The van der Waals surface area contributed by atoms with Crippen molar-refractivity contribution in [1.29, 1.82) is 0 Å². The second-order valence-corrected chi connectivity index (χ2v) is 7.55. The number of carboxylic acid groups (broad SMARTS) is 1. The maximum Gasteiger partial charge on any atom is 0.335 e. The van der Waals surface area contributed by atoms with Crippen molar-refractivity contribution in [3.63, 3.8) is 0 Å². The molecule has 8 heteroatoms. The summed E-state index contributed by atoms with van der Waals surface area (Å²) in [6, 6.07) is 7.32. The van der Waals surface area contributed by atoms with E-state index in [0.717, 1.165) is 22.8 Å². The van der Waals surface area contributed by atoms with Crippen molar-refractivity contribution >= 4 is 21.7 Å². The first kappa shape index (κ1) is 15.5. The fraction of sp³-hybridized carbons (Fsp3) is 0.333.